The Hall–Kier alpha value is -1.06. The van der Waals surface area contributed by atoms with E-state index in [1.165, 1.54) is 11.3 Å². The zero-order valence-corrected chi connectivity index (χ0v) is 8.74. The molecule has 0 saturated carbocycles. The molecule has 0 saturated heterocycles. The van der Waals surface area contributed by atoms with Crippen molar-refractivity contribution in [1.82, 2.24) is 0 Å². The fourth-order valence-corrected chi connectivity index (χ4v) is 1.44. The van der Waals surface area contributed by atoms with Crippen LogP contribution < -0.4 is 16.4 Å². The van der Waals surface area contributed by atoms with Gasteiger partial charge < -0.3 is 16.4 Å². The molecule has 4 N–H and O–H groups in total. The first-order valence-corrected chi connectivity index (χ1v) is 4.99. The molecule has 0 unspecified atom stereocenters. The normalized spacial score (nSPS) is 10.2. The first kappa shape index (κ1) is 11.0. The van der Waals surface area contributed by atoms with Gasteiger partial charge in [-0.05, 0) is 19.1 Å². The van der Waals surface area contributed by atoms with Crippen LogP contribution in [0.1, 0.15) is 5.56 Å². The molecule has 3 heteroatoms. The summed E-state index contributed by atoms with van der Waals surface area (Å²) in [6.07, 6.45) is 0. The summed E-state index contributed by atoms with van der Waals surface area (Å²) in [5.74, 6) is 0. The second kappa shape index (κ2) is 5.62. The summed E-state index contributed by atoms with van der Waals surface area (Å²) in [5.41, 5.74) is 13.6. The highest BCUT2D eigenvalue weighted by atomic mass is 15.1. The van der Waals surface area contributed by atoms with Crippen LogP contribution in [0.15, 0.2) is 24.3 Å². The lowest BCUT2D eigenvalue weighted by Crippen LogP contribution is -2.33. The topological polar surface area (TPSA) is 55.3 Å². The van der Waals surface area contributed by atoms with E-state index in [1.54, 1.807) is 0 Å². The molecule has 0 spiro atoms. The number of rotatable bonds is 5. The summed E-state index contributed by atoms with van der Waals surface area (Å²) < 4.78 is 0. The van der Waals surface area contributed by atoms with Crippen molar-refractivity contribution in [3.8, 4) is 0 Å². The first-order valence-electron chi connectivity index (χ1n) is 4.99. The summed E-state index contributed by atoms with van der Waals surface area (Å²) >= 11 is 0. The van der Waals surface area contributed by atoms with Gasteiger partial charge >= 0.3 is 0 Å². The third-order valence-corrected chi connectivity index (χ3v) is 2.20. The monoisotopic (exact) mass is 193 g/mol. The summed E-state index contributed by atoms with van der Waals surface area (Å²) in [7, 11) is 0. The number of anilines is 1. The van der Waals surface area contributed by atoms with E-state index in [-0.39, 0.29) is 0 Å². The number of aryl methyl sites for hydroxylation is 1. The predicted octanol–water partition coefficient (Wildman–Crippen LogP) is 0.719. The van der Waals surface area contributed by atoms with Crippen LogP contribution in [0.4, 0.5) is 5.69 Å². The molecule has 0 amide bonds. The Kier molecular flexibility index (Phi) is 4.43. The van der Waals surface area contributed by atoms with Crippen LogP contribution in [0.2, 0.25) is 0 Å². The van der Waals surface area contributed by atoms with Gasteiger partial charge in [0.05, 0.1) is 0 Å². The van der Waals surface area contributed by atoms with Gasteiger partial charge in [0, 0.05) is 31.9 Å². The summed E-state index contributed by atoms with van der Waals surface area (Å²) in [4.78, 5) is 2.21. The largest absolute Gasteiger partial charge is 0.369 e. The molecule has 0 aromatic heterocycles. The quantitative estimate of drug-likeness (QED) is 0.724. The van der Waals surface area contributed by atoms with Crippen molar-refractivity contribution in [3.63, 3.8) is 0 Å². The van der Waals surface area contributed by atoms with E-state index in [0.717, 1.165) is 13.1 Å². The highest BCUT2D eigenvalue weighted by Crippen LogP contribution is 2.13. The number of benzene rings is 1. The van der Waals surface area contributed by atoms with Gasteiger partial charge in [0.1, 0.15) is 0 Å². The zero-order chi connectivity index (χ0) is 10.4. The van der Waals surface area contributed by atoms with Gasteiger partial charge in [0.15, 0.2) is 0 Å². The van der Waals surface area contributed by atoms with Gasteiger partial charge in [-0.25, -0.2) is 0 Å². The Balaban J connectivity index is 2.71. The molecule has 0 aliphatic carbocycles. The Bertz CT molecular complexity index is 250. The Labute approximate surface area is 85.7 Å². The molecule has 0 bridgehead atoms. The fourth-order valence-electron chi connectivity index (χ4n) is 1.44. The molecule has 0 heterocycles. The minimum atomic E-state index is 0.661. The predicted molar refractivity (Wildman–Crippen MR) is 61.5 cm³/mol. The highest BCUT2D eigenvalue weighted by molar-refractivity contribution is 5.47. The Morgan fingerprint density at radius 1 is 1.00 bits per heavy atom. The summed E-state index contributed by atoms with van der Waals surface area (Å²) in [6.45, 7) is 5.13. The minimum Gasteiger partial charge on any atom is -0.369 e. The lowest BCUT2D eigenvalue weighted by molar-refractivity contribution is 0.782. The lowest BCUT2D eigenvalue weighted by Gasteiger charge is -2.23. The molecule has 1 aromatic carbocycles. The minimum absolute atomic E-state index is 0.661. The molecular weight excluding hydrogens is 174 g/mol. The zero-order valence-electron chi connectivity index (χ0n) is 8.74. The van der Waals surface area contributed by atoms with Gasteiger partial charge in [-0.3, -0.25) is 0 Å². The number of nitrogens with two attached hydrogens (primary N) is 2. The van der Waals surface area contributed by atoms with Crippen LogP contribution in [-0.2, 0) is 0 Å². The van der Waals surface area contributed by atoms with Gasteiger partial charge in [0.25, 0.3) is 0 Å². The summed E-state index contributed by atoms with van der Waals surface area (Å²) in [5, 5.41) is 0. The smallest absolute Gasteiger partial charge is 0.0367 e. The van der Waals surface area contributed by atoms with E-state index in [4.69, 9.17) is 11.5 Å². The Morgan fingerprint density at radius 2 is 1.50 bits per heavy atom. The Morgan fingerprint density at radius 3 is 1.93 bits per heavy atom. The van der Waals surface area contributed by atoms with E-state index >= 15 is 0 Å². The third kappa shape index (κ3) is 3.01. The van der Waals surface area contributed by atoms with Crippen molar-refractivity contribution in [2.75, 3.05) is 31.1 Å². The molecular formula is C11H19N3. The molecule has 78 valence electrons. The van der Waals surface area contributed by atoms with Gasteiger partial charge in [0.2, 0.25) is 0 Å². The average Bonchev–Trinajstić information content (AvgIpc) is 2.19. The maximum Gasteiger partial charge on any atom is 0.0367 e. The molecule has 0 fully saturated rings. The van der Waals surface area contributed by atoms with Crippen LogP contribution >= 0.6 is 0 Å². The third-order valence-electron chi connectivity index (χ3n) is 2.20. The molecule has 0 radical (unpaired) electrons. The lowest BCUT2D eigenvalue weighted by atomic mass is 10.2. The number of hydrogen-bond acceptors (Lipinski definition) is 3. The maximum absolute atomic E-state index is 5.54. The average molecular weight is 193 g/mol. The fraction of sp³-hybridized carbons (Fsp3) is 0.455. The number of nitrogens with zero attached hydrogens (tertiary/aromatic N) is 1. The van der Waals surface area contributed by atoms with Crippen molar-refractivity contribution in [3.05, 3.63) is 29.8 Å². The van der Waals surface area contributed by atoms with Crippen LogP contribution in [0.5, 0.6) is 0 Å². The molecule has 0 atom stereocenters. The van der Waals surface area contributed by atoms with Crippen molar-refractivity contribution < 1.29 is 0 Å². The second-order valence-electron chi connectivity index (χ2n) is 3.40. The van der Waals surface area contributed by atoms with Crippen LogP contribution in [0.25, 0.3) is 0 Å². The van der Waals surface area contributed by atoms with E-state index in [9.17, 15) is 0 Å². The number of hydrogen-bond donors (Lipinski definition) is 2. The molecule has 3 nitrogen and oxygen atoms in total. The molecule has 1 aromatic rings. The standard InChI is InChI=1S/C11H19N3/c1-10-2-4-11(5-3-10)14(8-6-12)9-7-13/h2-5H,6-9,12-13H2,1H3. The van der Waals surface area contributed by atoms with Crippen LogP contribution in [0, 0.1) is 6.92 Å². The molecule has 14 heavy (non-hydrogen) atoms. The second-order valence-corrected chi connectivity index (χ2v) is 3.40. The van der Waals surface area contributed by atoms with Crippen molar-refractivity contribution >= 4 is 5.69 Å². The van der Waals surface area contributed by atoms with Crippen LogP contribution in [0.3, 0.4) is 0 Å². The summed E-state index contributed by atoms with van der Waals surface area (Å²) in [6, 6.07) is 8.44. The van der Waals surface area contributed by atoms with E-state index in [1.807, 2.05) is 0 Å². The maximum atomic E-state index is 5.54. The van der Waals surface area contributed by atoms with Crippen molar-refractivity contribution in [1.29, 1.82) is 0 Å². The highest BCUT2D eigenvalue weighted by Gasteiger charge is 2.02. The molecule has 0 aliphatic heterocycles. The SMILES string of the molecule is Cc1ccc(N(CCN)CCN)cc1. The van der Waals surface area contributed by atoms with Gasteiger partial charge in [-0.15, -0.1) is 0 Å². The van der Waals surface area contributed by atoms with Gasteiger partial charge in [-0.2, -0.15) is 0 Å². The van der Waals surface area contributed by atoms with Crippen molar-refractivity contribution in [2.24, 2.45) is 11.5 Å². The van der Waals surface area contributed by atoms with Crippen LogP contribution in [-0.4, -0.2) is 26.2 Å². The van der Waals surface area contributed by atoms with Gasteiger partial charge in [-0.1, -0.05) is 17.7 Å². The molecule has 1 rings (SSSR count). The van der Waals surface area contributed by atoms with Crippen molar-refractivity contribution in [2.45, 2.75) is 6.92 Å². The molecule has 0 aliphatic rings. The van der Waals surface area contributed by atoms with E-state index < -0.39 is 0 Å². The van der Waals surface area contributed by atoms with E-state index in [0.29, 0.717) is 13.1 Å². The first-order chi connectivity index (χ1) is 6.77. The van der Waals surface area contributed by atoms with E-state index in [2.05, 4.69) is 36.1 Å².